The van der Waals surface area contributed by atoms with E-state index in [9.17, 15) is 4.79 Å². The smallest absolute Gasteiger partial charge is 0.224 e. The van der Waals surface area contributed by atoms with E-state index < -0.39 is 0 Å². The molecule has 1 aromatic heterocycles. The number of benzene rings is 1. The van der Waals surface area contributed by atoms with E-state index in [0.29, 0.717) is 30.0 Å². The molecule has 1 amide bonds. The molecular formula is C18H24N4O2. The van der Waals surface area contributed by atoms with E-state index in [2.05, 4.69) is 27.7 Å². The van der Waals surface area contributed by atoms with Gasteiger partial charge in [0.1, 0.15) is 0 Å². The van der Waals surface area contributed by atoms with Gasteiger partial charge in [-0.25, -0.2) is 0 Å². The second-order valence-electron chi connectivity index (χ2n) is 6.55. The first-order valence-corrected chi connectivity index (χ1v) is 8.53. The number of carbonyl (C=O) groups excluding carboxylic acids is 1. The van der Waals surface area contributed by atoms with Crippen LogP contribution < -0.4 is 10.6 Å². The standard InChI is InChI=1S/C18H24N4O2/c1-12(15-6-4-8-19-11-15)9-17(23)21-16-7-3-5-14(10-16)18-20-13(2)24-22-18/h3,5,7,10,12,15,19H,4,6,8-9,11H2,1-2H3,(H,21,23). The van der Waals surface area contributed by atoms with Gasteiger partial charge in [0, 0.05) is 24.6 Å². The maximum Gasteiger partial charge on any atom is 0.224 e. The summed E-state index contributed by atoms with van der Waals surface area (Å²) < 4.78 is 5.01. The first kappa shape index (κ1) is 16.6. The van der Waals surface area contributed by atoms with Crippen molar-refractivity contribution in [2.45, 2.75) is 33.1 Å². The number of nitrogens with zero attached hydrogens (tertiary/aromatic N) is 2. The number of carbonyl (C=O) groups is 1. The minimum absolute atomic E-state index is 0.0505. The molecule has 3 rings (SSSR count). The van der Waals surface area contributed by atoms with Crippen LogP contribution in [0.1, 0.15) is 32.1 Å². The molecule has 6 nitrogen and oxygen atoms in total. The second kappa shape index (κ2) is 7.57. The summed E-state index contributed by atoms with van der Waals surface area (Å²) in [6.45, 7) is 6.03. The zero-order chi connectivity index (χ0) is 16.9. The lowest BCUT2D eigenvalue weighted by atomic mass is 9.85. The molecule has 0 aliphatic carbocycles. The zero-order valence-electron chi connectivity index (χ0n) is 14.2. The maximum absolute atomic E-state index is 12.3. The lowest BCUT2D eigenvalue weighted by molar-refractivity contribution is -0.117. The maximum atomic E-state index is 12.3. The molecule has 6 heteroatoms. The molecule has 2 atom stereocenters. The van der Waals surface area contributed by atoms with Crippen LogP contribution in [0.5, 0.6) is 0 Å². The van der Waals surface area contributed by atoms with E-state index in [4.69, 9.17) is 4.52 Å². The number of rotatable bonds is 5. The summed E-state index contributed by atoms with van der Waals surface area (Å²) in [6, 6.07) is 7.53. The lowest BCUT2D eigenvalue weighted by Gasteiger charge is -2.28. The van der Waals surface area contributed by atoms with Crippen LogP contribution in [0.15, 0.2) is 28.8 Å². The molecule has 2 unspecified atom stereocenters. The quantitative estimate of drug-likeness (QED) is 0.882. The normalized spacial score (nSPS) is 19.0. The molecule has 1 saturated heterocycles. The fraction of sp³-hybridized carbons (Fsp3) is 0.500. The Bertz CT molecular complexity index is 692. The number of aromatic nitrogens is 2. The first-order valence-electron chi connectivity index (χ1n) is 8.53. The number of aryl methyl sites for hydroxylation is 1. The summed E-state index contributed by atoms with van der Waals surface area (Å²) in [5, 5.41) is 10.3. The molecule has 0 spiro atoms. The van der Waals surface area contributed by atoms with Crippen molar-refractivity contribution in [3.8, 4) is 11.4 Å². The second-order valence-corrected chi connectivity index (χ2v) is 6.55. The third-order valence-corrected chi connectivity index (χ3v) is 4.58. The van der Waals surface area contributed by atoms with Gasteiger partial charge in [0.15, 0.2) is 0 Å². The van der Waals surface area contributed by atoms with Crippen molar-refractivity contribution < 1.29 is 9.32 Å². The molecule has 2 N–H and O–H groups in total. The fourth-order valence-corrected chi connectivity index (χ4v) is 3.19. The van der Waals surface area contributed by atoms with Crippen molar-refractivity contribution >= 4 is 11.6 Å². The van der Waals surface area contributed by atoms with E-state index in [0.717, 1.165) is 24.3 Å². The van der Waals surface area contributed by atoms with Gasteiger partial charge in [-0.1, -0.05) is 24.2 Å². The van der Waals surface area contributed by atoms with E-state index in [1.54, 1.807) is 6.92 Å². The monoisotopic (exact) mass is 328 g/mol. The van der Waals surface area contributed by atoms with Gasteiger partial charge >= 0.3 is 0 Å². The Kier molecular flexibility index (Phi) is 5.25. The average Bonchev–Trinajstić information content (AvgIpc) is 3.02. The van der Waals surface area contributed by atoms with Gasteiger partial charge in [0.2, 0.25) is 17.6 Å². The first-order chi connectivity index (χ1) is 11.6. The molecule has 0 bridgehead atoms. The number of amides is 1. The van der Waals surface area contributed by atoms with Crippen LogP contribution in [-0.2, 0) is 4.79 Å². The third-order valence-electron chi connectivity index (χ3n) is 4.58. The molecule has 2 heterocycles. The van der Waals surface area contributed by atoms with Crippen LogP contribution in [0.3, 0.4) is 0 Å². The zero-order valence-corrected chi connectivity index (χ0v) is 14.2. The largest absolute Gasteiger partial charge is 0.339 e. The van der Waals surface area contributed by atoms with Crippen molar-refractivity contribution in [1.82, 2.24) is 15.5 Å². The van der Waals surface area contributed by atoms with Crippen LogP contribution in [0.25, 0.3) is 11.4 Å². The summed E-state index contributed by atoms with van der Waals surface area (Å²) in [7, 11) is 0. The molecule has 0 saturated carbocycles. The van der Waals surface area contributed by atoms with Crippen molar-refractivity contribution in [2.75, 3.05) is 18.4 Å². The number of hydrogen-bond donors (Lipinski definition) is 2. The van der Waals surface area contributed by atoms with Gasteiger partial charge in [-0.05, 0) is 49.9 Å². The summed E-state index contributed by atoms with van der Waals surface area (Å²) in [5.74, 6) is 2.06. The minimum atomic E-state index is 0.0505. The van der Waals surface area contributed by atoms with Gasteiger partial charge in [-0.3, -0.25) is 4.79 Å². The highest BCUT2D eigenvalue weighted by molar-refractivity contribution is 5.91. The minimum Gasteiger partial charge on any atom is -0.339 e. The Balaban J connectivity index is 1.60. The van der Waals surface area contributed by atoms with Gasteiger partial charge < -0.3 is 15.2 Å². The molecular weight excluding hydrogens is 304 g/mol. The van der Waals surface area contributed by atoms with Crippen molar-refractivity contribution in [3.63, 3.8) is 0 Å². The Morgan fingerprint density at radius 1 is 1.50 bits per heavy atom. The third kappa shape index (κ3) is 4.20. The van der Waals surface area contributed by atoms with E-state index in [-0.39, 0.29) is 5.91 Å². The van der Waals surface area contributed by atoms with Gasteiger partial charge in [-0.15, -0.1) is 0 Å². The van der Waals surface area contributed by atoms with Crippen molar-refractivity contribution in [3.05, 3.63) is 30.2 Å². The SMILES string of the molecule is Cc1nc(-c2cccc(NC(=O)CC(C)C3CCCNC3)c2)no1. The molecule has 1 aliphatic heterocycles. The van der Waals surface area contributed by atoms with Crippen molar-refractivity contribution in [1.29, 1.82) is 0 Å². The van der Waals surface area contributed by atoms with Crippen LogP contribution >= 0.6 is 0 Å². The van der Waals surface area contributed by atoms with Crippen LogP contribution in [0.2, 0.25) is 0 Å². The van der Waals surface area contributed by atoms with E-state index >= 15 is 0 Å². The van der Waals surface area contributed by atoms with Crippen LogP contribution in [0.4, 0.5) is 5.69 Å². The molecule has 1 fully saturated rings. The summed E-state index contributed by atoms with van der Waals surface area (Å²) in [6.07, 6.45) is 2.94. The highest BCUT2D eigenvalue weighted by Gasteiger charge is 2.22. The van der Waals surface area contributed by atoms with E-state index in [1.807, 2.05) is 24.3 Å². The Labute approximate surface area is 142 Å². The molecule has 1 aliphatic rings. The Hall–Kier alpha value is -2.21. The summed E-state index contributed by atoms with van der Waals surface area (Å²) >= 11 is 0. The number of piperidine rings is 1. The molecule has 128 valence electrons. The Morgan fingerprint density at radius 2 is 2.38 bits per heavy atom. The predicted octanol–water partition coefficient (Wildman–Crippen LogP) is 3.01. The number of nitrogens with one attached hydrogen (secondary N) is 2. The topological polar surface area (TPSA) is 80.0 Å². The highest BCUT2D eigenvalue weighted by Crippen LogP contribution is 2.24. The average molecular weight is 328 g/mol. The number of hydrogen-bond acceptors (Lipinski definition) is 5. The predicted molar refractivity (Wildman–Crippen MR) is 92.5 cm³/mol. The van der Waals surface area contributed by atoms with Crippen LogP contribution in [0, 0.1) is 18.8 Å². The van der Waals surface area contributed by atoms with Gasteiger partial charge in [0.25, 0.3) is 0 Å². The van der Waals surface area contributed by atoms with E-state index in [1.165, 1.54) is 12.8 Å². The lowest BCUT2D eigenvalue weighted by Crippen LogP contribution is -2.34. The van der Waals surface area contributed by atoms with Crippen molar-refractivity contribution in [2.24, 2.45) is 11.8 Å². The molecule has 0 radical (unpaired) electrons. The summed E-state index contributed by atoms with van der Waals surface area (Å²) in [4.78, 5) is 16.5. The number of anilines is 1. The molecule has 1 aromatic carbocycles. The summed E-state index contributed by atoms with van der Waals surface area (Å²) in [5.41, 5.74) is 1.59. The van der Waals surface area contributed by atoms with Gasteiger partial charge in [-0.2, -0.15) is 4.98 Å². The van der Waals surface area contributed by atoms with Crippen LogP contribution in [-0.4, -0.2) is 29.1 Å². The fourth-order valence-electron chi connectivity index (χ4n) is 3.19. The van der Waals surface area contributed by atoms with Gasteiger partial charge in [0.05, 0.1) is 0 Å². The molecule has 2 aromatic rings. The highest BCUT2D eigenvalue weighted by atomic mass is 16.5. The Morgan fingerprint density at radius 3 is 3.08 bits per heavy atom. The molecule has 24 heavy (non-hydrogen) atoms.